The first kappa shape index (κ1) is 14.7. The van der Waals surface area contributed by atoms with Gasteiger partial charge in [0, 0.05) is 12.3 Å². The molecule has 0 saturated heterocycles. The number of halogens is 1. The van der Waals surface area contributed by atoms with Crippen molar-refractivity contribution in [2.45, 2.75) is 59.0 Å². The molecule has 2 rings (SSSR count). The standard InChI is InChI=1S/C15H23ClN2O/c1-5-19-15(8-6-14(3,4)7-9-15)13-17-11(2)10-12(16)18-13/h10H,5-9H2,1-4H3. The second-order valence-electron chi connectivity index (χ2n) is 6.25. The average Bonchev–Trinajstić information content (AvgIpc) is 2.31. The van der Waals surface area contributed by atoms with Crippen molar-refractivity contribution in [3.05, 3.63) is 22.7 Å². The molecule has 1 aromatic rings. The largest absolute Gasteiger partial charge is 0.367 e. The Balaban J connectivity index is 2.34. The minimum absolute atomic E-state index is 0.347. The molecule has 0 spiro atoms. The van der Waals surface area contributed by atoms with Crippen molar-refractivity contribution in [2.75, 3.05) is 6.61 Å². The van der Waals surface area contributed by atoms with Gasteiger partial charge in [-0.25, -0.2) is 9.97 Å². The molecule has 0 aliphatic heterocycles. The van der Waals surface area contributed by atoms with Gasteiger partial charge in [0.05, 0.1) is 0 Å². The van der Waals surface area contributed by atoms with E-state index >= 15 is 0 Å². The highest BCUT2D eigenvalue weighted by atomic mass is 35.5. The molecular formula is C15H23ClN2O. The highest BCUT2D eigenvalue weighted by Gasteiger charge is 2.42. The third-order valence-electron chi connectivity index (χ3n) is 4.06. The fourth-order valence-electron chi connectivity index (χ4n) is 2.77. The summed E-state index contributed by atoms with van der Waals surface area (Å²) in [6.45, 7) is 9.28. The number of rotatable bonds is 3. The Labute approximate surface area is 120 Å². The summed E-state index contributed by atoms with van der Waals surface area (Å²) in [6, 6.07) is 1.79. The molecule has 4 heteroatoms. The topological polar surface area (TPSA) is 35.0 Å². The Morgan fingerprint density at radius 3 is 2.37 bits per heavy atom. The predicted octanol–water partition coefficient (Wildman–Crippen LogP) is 4.27. The molecule has 0 atom stereocenters. The zero-order chi connectivity index (χ0) is 14.1. The molecule has 0 aromatic carbocycles. The second kappa shape index (κ2) is 5.37. The van der Waals surface area contributed by atoms with E-state index in [0.717, 1.165) is 37.2 Å². The first-order valence-electron chi connectivity index (χ1n) is 7.02. The van der Waals surface area contributed by atoms with Crippen molar-refractivity contribution in [3.63, 3.8) is 0 Å². The van der Waals surface area contributed by atoms with Gasteiger partial charge in [-0.05, 0) is 51.0 Å². The normalized spacial score (nSPS) is 21.3. The Morgan fingerprint density at radius 1 is 1.21 bits per heavy atom. The van der Waals surface area contributed by atoms with Crippen molar-refractivity contribution in [1.82, 2.24) is 9.97 Å². The van der Waals surface area contributed by atoms with Gasteiger partial charge in [0.15, 0.2) is 5.82 Å². The van der Waals surface area contributed by atoms with Gasteiger partial charge in [-0.15, -0.1) is 0 Å². The molecule has 1 aliphatic rings. The maximum Gasteiger partial charge on any atom is 0.162 e. The number of hydrogen-bond donors (Lipinski definition) is 0. The number of ether oxygens (including phenoxy) is 1. The molecular weight excluding hydrogens is 260 g/mol. The highest BCUT2D eigenvalue weighted by molar-refractivity contribution is 6.29. The molecule has 1 heterocycles. The molecule has 0 N–H and O–H groups in total. The van der Waals surface area contributed by atoms with Crippen LogP contribution >= 0.6 is 11.6 Å². The Hall–Kier alpha value is -0.670. The molecule has 0 unspecified atom stereocenters. The van der Waals surface area contributed by atoms with Crippen LogP contribution < -0.4 is 0 Å². The average molecular weight is 283 g/mol. The van der Waals surface area contributed by atoms with Gasteiger partial charge in [0.1, 0.15) is 10.8 Å². The van der Waals surface area contributed by atoms with Gasteiger partial charge in [-0.2, -0.15) is 0 Å². The van der Waals surface area contributed by atoms with Crippen LogP contribution in [0.4, 0.5) is 0 Å². The quantitative estimate of drug-likeness (QED) is 0.777. The Morgan fingerprint density at radius 2 is 1.84 bits per heavy atom. The summed E-state index contributed by atoms with van der Waals surface area (Å²) in [5.41, 5.74) is 0.938. The van der Waals surface area contributed by atoms with Crippen LogP contribution in [0.3, 0.4) is 0 Å². The van der Waals surface area contributed by atoms with E-state index in [1.807, 2.05) is 13.8 Å². The van der Waals surface area contributed by atoms with E-state index in [9.17, 15) is 0 Å². The van der Waals surface area contributed by atoms with E-state index in [0.29, 0.717) is 17.2 Å². The molecule has 1 aromatic heterocycles. The van der Waals surface area contributed by atoms with Crippen molar-refractivity contribution >= 4 is 11.6 Å². The van der Waals surface area contributed by atoms with Crippen molar-refractivity contribution in [3.8, 4) is 0 Å². The van der Waals surface area contributed by atoms with Gasteiger partial charge in [-0.1, -0.05) is 25.4 Å². The number of hydrogen-bond acceptors (Lipinski definition) is 3. The lowest BCUT2D eigenvalue weighted by atomic mass is 9.70. The fourth-order valence-corrected chi connectivity index (χ4v) is 3.01. The molecule has 1 fully saturated rings. The molecule has 3 nitrogen and oxygen atoms in total. The summed E-state index contributed by atoms with van der Waals surface area (Å²) in [6.07, 6.45) is 4.19. The van der Waals surface area contributed by atoms with Crippen LogP contribution in [0.1, 0.15) is 58.0 Å². The van der Waals surface area contributed by atoms with Crippen molar-refractivity contribution < 1.29 is 4.74 Å². The van der Waals surface area contributed by atoms with E-state index < -0.39 is 0 Å². The van der Waals surface area contributed by atoms with Crippen molar-refractivity contribution in [1.29, 1.82) is 0 Å². The van der Waals surface area contributed by atoms with Gasteiger partial charge in [0.25, 0.3) is 0 Å². The van der Waals surface area contributed by atoms with E-state index in [2.05, 4.69) is 23.8 Å². The summed E-state index contributed by atoms with van der Waals surface area (Å²) in [5, 5.41) is 0.506. The van der Waals surface area contributed by atoms with Gasteiger partial charge < -0.3 is 4.74 Å². The first-order chi connectivity index (χ1) is 8.87. The van der Waals surface area contributed by atoms with Crippen LogP contribution in [0.25, 0.3) is 0 Å². The molecule has 1 aliphatic carbocycles. The minimum Gasteiger partial charge on any atom is -0.367 e. The lowest BCUT2D eigenvalue weighted by Crippen LogP contribution is -2.39. The number of aromatic nitrogens is 2. The maximum absolute atomic E-state index is 6.08. The molecule has 19 heavy (non-hydrogen) atoms. The summed E-state index contributed by atoms with van der Waals surface area (Å²) < 4.78 is 6.08. The SMILES string of the molecule is CCOC1(c2nc(C)cc(Cl)n2)CCC(C)(C)CC1. The first-order valence-corrected chi connectivity index (χ1v) is 7.40. The van der Waals surface area contributed by atoms with Crippen LogP contribution in [0.15, 0.2) is 6.07 Å². The number of nitrogens with zero attached hydrogens (tertiary/aromatic N) is 2. The van der Waals surface area contributed by atoms with Crippen LogP contribution in [-0.2, 0) is 10.3 Å². The van der Waals surface area contributed by atoms with Gasteiger partial charge in [-0.3, -0.25) is 0 Å². The minimum atomic E-state index is -0.347. The third kappa shape index (κ3) is 3.26. The zero-order valence-corrected chi connectivity index (χ0v) is 13.0. The van der Waals surface area contributed by atoms with Crippen LogP contribution in [-0.4, -0.2) is 16.6 Å². The molecule has 1 saturated carbocycles. The maximum atomic E-state index is 6.08. The Bertz CT molecular complexity index is 429. The zero-order valence-electron chi connectivity index (χ0n) is 12.3. The molecule has 0 amide bonds. The lowest BCUT2D eigenvalue weighted by Gasteiger charge is -2.42. The number of aryl methyl sites for hydroxylation is 1. The molecule has 0 radical (unpaired) electrons. The monoisotopic (exact) mass is 282 g/mol. The third-order valence-corrected chi connectivity index (χ3v) is 4.26. The Kier molecular flexibility index (Phi) is 4.17. The molecule has 0 bridgehead atoms. The van der Waals surface area contributed by atoms with E-state index in [4.69, 9.17) is 16.3 Å². The van der Waals surface area contributed by atoms with E-state index in [1.165, 1.54) is 0 Å². The smallest absolute Gasteiger partial charge is 0.162 e. The molecule has 106 valence electrons. The summed E-state index contributed by atoms with van der Waals surface area (Å²) >= 11 is 6.08. The summed E-state index contributed by atoms with van der Waals surface area (Å²) in [5.74, 6) is 0.759. The van der Waals surface area contributed by atoms with Gasteiger partial charge in [0.2, 0.25) is 0 Å². The summed E-state index contributed by atoms with van der Waals surface area (Å²) in [4.78, 5) is 9.00. The van der Waals surface area contributed by atoms with E-state index in [-0.39, 0.29) is 5.60 Å². The van der Waals surface area contributed by atoms with Crippen LogP contribution in [0.2, 0.25) is 5.15 Å². The van der Waals surface area contributed by atoms with Crippen LogP contribution in [0, 0.1) is 12.3 Å². The van der Waals surface area contributed by atoms with Gasteiger partial charge >= 0.3 is 0 Å². The van der Waals surface area contributed by atoms with Crippen molar-refractivity contribution in [2.24, 2.45) is 5.41 Å². The summed E-state index contributed by atoms with van der Waals surface area (Å²) in [7, 11) is 0. The highest BCUT2D eigenvalue weighted by Crippen LogP contribution is 2.46. The second-order valence-corrected chi connectivity index (χ2v) is 6.63. The predicted molar refractivity (Wildman–Crippen MR) is 77.3 cm³/mol. The van der Waals surface area contributed by atoms with E-state index in [1.54, 1.807) is 6.07 Å². The lowest BCUT2D eigenvalue weighted by molar-refractivity contribution is -0.0948. The van der Waals surface area contributed by atoms with Crippen LogP contribution in [0.5, 0.6) is 0 Å². The fraction of sp³-hybridized carbons (Fsp3) is 0.733.